The highest BCUT2D eigenvalue weighted by Gasteiger charge is 2.16. The third kappa shape index (κ3) is 4.12. The van der Waals surface area contributed by atoms with Gasteiger partial charge in [0.25, 0.3) is 0 Å². The van der Waals surface area contributed by atoms with Crippen molar-refractivity contribution in [1.29, 1.82) is 0 Å². The second-order valence-corrected chi connectivity index (χ2v) is 3.82. The van der Waals surface area contributed by atoms with Crippen molar-refractivity contribution in [3.8, 4) is 0 Å². The molecule has 0 bridgehead atoms. The zero-order valence-electron chi connectivity index (χ0n) is 10.1. The molecular weight excluding hydrogens is 222 g/mol. The minimum Gasteiger partial charge on any atom is -0.358 e. The first-order valence-electron chi connectivity index (χ1n) is 5.74. The minimum atomic E-state index is -0.408. The number of aryl methyl sites for hydroxylation is 1. The number of hydrogen-bond donors (Lipinski definition) is 2. The monoisotopic (exact) mass is 241 g/mol. The number of imidazole rings is 1. The third-order valence-electron chi connectivity index (χ3n) is 2.54. The number of nitrogens with one attached hydrogen (secondary N) is 1. The van der Waals surface area contributed by atoms with E-state index in [1.54, 1.807) is 11.5 Å². The fourth-order valence-electron chi connectivity index (χ4n) is 1.59. The second kappa shape index (κ2) is 6.97. The SMILES string of the molecule is Cc1ncc([N+](=O)[O-])n1CCNCCCCN. The second-order valence-electron chi connectivity index (χ2n) is 3.82. The van der Waals surface area contributed by atoms with E-state index < -0.39 is 4.92 Å². The Morgan fingerprint density at radius 3 is 2.94 bits per heavy atom. The average molecular weight is 241 g/mol. The molecule has 1 aromatic rings. The summed E-state index contributed by atoms with van der Waals surface area (Å²) in [5.41, 5.74) is 5.38. The minimum absolute atomic E-state index is 0.0475. The molecule has 0 aliphatic rings. The van der Waals surface area contributed by atoms with Gasteiger partial charge in [-0.2, -0.15) is 0 Å². The van der Waals surface area contributed by atoms with E-state index in [1.165, 1.54) is 6.20 Å². The molecule has 3 N–H and O–H groups in total. The number of unbranched alkanes of at least 4 members (excludes halogenated alkanes) is 1. The van der Waals surface area contributed by atoms with Crippen molar-refractivity contribution >= 4 is 5.82 Å². The van der Waals surface area contributed by atoms with Crippen molar-refractivity contribution in [2.24, 2.45) is 5.73 Å². The molecule has 17 heavy (non-hydrogen) atoms. The van der Waals surface area contributed by atoms with Crippen molar-refractivity contribution in [2.45, 2.75) is 26.3 Å². The van der Waals surface area contributed by atoms with E-state index in [2.05, 4.69) is 10.3 Å². The maximum Gasteiger partial charge on any atom is 0.342 e. The van der Waals surface area contributed by atoms with Crippen LogP contribution >= 0.6 is 0 Å². The molecule has 0 fully saturated rings. The van der Waals surface area contributed by atoms with E-state index in [-0.39, 0.29) is 5.82 Å². The van der Waals surface area contributed by atoms with Gasteiger partial charge in [-0.15, -0.1) is 0 Å². The van der Waals surface area contributed by atoms with Gasteiger partial charge in [0.2, 0.25) is 0 Å². The van der Waals surface area contributed by atoms with Crippen LogP contribution in [0.4, 0.5) is 5.82 Å². The van der Waals surface area contributed by atoms with Crippen LogP contribution in [-0.4, -0.2) is 34.1 Å². The summed E-state index contributed by atoms with van der Waals surface area (Å²) in [7, 11) is 0. The molecule has 0 radical (unpaired) electrons. The number of nitrogens with zero attached hydrogens (tertiary/aromatic N) is 3. The van der Waals surface area contributed by atoms with Gasteiger partial charge >= 0.3 is 5.82 Å². The van der Waals surface area contributed by atoms with Crippen molar-refractivity contribution in [3.05, 3.63) is 22.1 Å². The summed E-state index contributed by atoms with van der Waals surface area (Å²) in [6.07, 6.45) is 3.32. The van der Waals surface area contributed by atoms with Crippen LogP contribution < -0.4 is 11.1 Å². The molecule has 1 rings (SSSR count). The van der Waals surface area contributed by atoms with Gasteiger partial charge < -0.3 is 21.2 Å². The van der Waals surface area contributed by atoms with Gasteiger partial charge in [0.15, 0.2) is 5.82 Å². The molecule has 0 spiro atoms. The predicted molar refractivity (Wildman–Crippen MR) is 64.8 cm³/mol. The fraction of sp³-hybridized carbons (Fsp3) is 0.700. The number of nitrogens with two attached hydrogens (primary N) is 1. The molecule has 0 saturated heterocycles. The Morgan fingerprint density at radius 1 is 1.53 bits per heavy atom. The molecule has 0 aliphatic heterocycles. The number of rotatable bonds is 8. The van der Waals surface area contributed by atoms with Crippen LogP contribution in [0.25, 0.3) is 0 Å². The van der Waals surface area contributed by atoms with Crippen molar-refractivity contribution in [2.75, 3.05) is 19.6 Å². The summed E-state index contributed by atoms with van der Waals surface area (Å²) in [4.78, 5) is 14.3. The normalized spacial score (nSPS) is 10.7. The summed E-state index contributed by atoms with van der Waals surface area (Å²) in [6, 6.07) is 0. The van der Waals surface area contributed by atoms with Crippen LogP contribution in [0.2, 0.25) is 0 Å². The molecule has 0 aliphatic carbocycles. The summed E-state index contributed by atoms with van der Waals surface area (Å²) in [5, 5.41) is 13.9. The van der Waals surface area contributed by atoms with Crippen LogP contribution in [0.5, 0.6) is 0 Å². The molecule has 0 unspecified atom stereocenters. The van der Waals surface area contributed by atoms with E-state index >= 15 is 0 Å². The molecule has 1 heterocycles. The Kier molecular flexibility index (Phi) is 5.58. The van der Waals surface area contributed by atoms with Crippen LogP contribution in [0, 0.1) is 17.0 Å². The predicted octanol–water partition coefficient (Wildman–Crippen LogP) is 0.428. The molecule has 0 atom stereocenters. The van der Waals surface area contributed by atoms with Crippen LogP contribution in [0.1, 0.15) is 18.7 Å². The van der Waals surface area contributed by atoms with Crippen molar-refractivity contribution in [1.82, 2.24) is 14.9 Å². The zero-order chi connectivity index (χ0) is 12.7. The molecule has 0 amide bonds. The van der Waals surface area contributed by atoms with Gasteiger partial charge in [0.05, 0.1) is 0 Å². The smallest absolute Gasteiger partial charge is 0.342 e. The van der Waals surface area contributed by atoms with E-state index in [0.29, 0.717) is 25.5 Å². The number of hydrogen-bond acceptors (Lipinski definition) is 5. The molecule has 0 aromatic carbocycles. The maximum atomic E-state index is 10.7. The summed E-state index contributed by atoms with van der Waals surface area (Å²) < 4.78 is 1.61. The Bertz CT molecular complexity index is 364. The van der Waals surface area contributed by atoms with Gasteiger partial charge in [0, 0.05) is 13.5 Å². The highest BCUT2D eigenvalue weighted by molar-refractivity contribution is 5.18. The van der Waals surface area contributed by atoms with Gasteiger partial charge in [-0.3, -0.25) is 0 Å². The highest BCUT2D eigenvalue weighted by atomic mass is 16.6. The lowest BCUT2D eigenvalue weighted by atomic mass is 10.3. The Hall–Kier alpha value is -1.47. The largest absolute Gasteiger partial charge is 0.358 e. The van der Waals surface area contributed by atoms with Gasteiger partial charge in [0.1, 0.15) is 12.7 Å². The lowest BCUT2D eigenvalue weighted by Gasteiger charge is -2.04. The standard InChI is InChI=1S/C10H19N5O2/c1-9-13-8-10(15(16)17)14(9)7-6-12-5-3-2-4-11/h8,12H,2-7,11H2,1H3. The average Bonchev–Trinajstić information content (AvgIpc) is 2.65. The van der Waals surface area contributed by atoms with Gasteiger partial charge in [-0.1, -0.05) is 0 Å². The Morgan fingerprint density at radius 2 is 2.29 bits per heavy atom. The quantitative estimate of drug-likeness (QED) is 0.390. The van der Waals surface area contributed by atoms with E-state index in [1.807, 2.05) is 0 Å². The highest BCUT2D eigenvalue weighted by Crippen LogP contribution is 2.12. The topological polar surface area (TPSA) is 99.0 Å². The molecule has 1 aromatic heterocycles. The van der Waals surface area contributed by atoms with Crippen molar-refractivity contribution in [3.63, 3.8) is 0 Å². The number of nitro groups is 1. The summed E-state index contributed by atoms with van der Waals surface area (Å²) in [5.74, 6) is 0.715. The van der Waals surface area contributed by atoms with E-state index in [9.17, 15) is 10.1 Å². The number of aromatic nitrogens is 2. The van der Waals surface area contributed by atoms with Crippen LogP contribution in [0.3, 0.4) is 0 Å². The maximum absolute atomic E-state index is 10.7. The summed E-state index contributed by atoms with van der Waals surface area (Å²) in [6.45, 7) is 4.61. The van der Waals surface area contributed by atoms with Gasteiger partial charge in [-0.05, 0) is 30.9 Å². The fourth-order valence-corrected chi connectivity index (χ4v) is 1.59. The lowest BCUT2D eigenvalue weighted by molar-refractivity contribution is -0.392. The molecule has 7 nitrogen and oxygen atoms in total. The molecule has 96 valence electrons. The van der Waals surface area contributed by atoms with Crippen LogP contribution in [-0.2, 0) is 6.54 Å². The lowest BCUT2D eigenvalue weighted by Crippen LogP contribution is -2.22. The molecular formula is C10H19N5O2. The zero-order valence-corrected chi connectivity index (χ0v) is 10.1. The van der Waals surface area contributed by atoms with Gasteiger partial charge in [-0.25, -0.2) is 9.55 Å². The van der Waals surface area contributed by atoms with Crippen molar-refractivity contribution < 1.29 is 4.92 Å². The van der Waals surface area contributed by atoms with E-state index in [0.717, 1.165) is 19.4 Å². The van der Waals surface area contributed by atoms with E-state index in [4.69, 9.17) is 5.73 Å². The summed E-state index contributed by atoms with van der Waals surface area (Å²) >= 11 is 0. The first-order chi connectivity index (χ1) is 8.16. The Labute approximate surface area is 100 Å². The first kappa shape index (κ1) is 13.6. The first-order valence-corrected chi connectivity index (χ1v) is 5.74. The van der Waals surface area contributed by atoms with Crippen LogP contribution in [0.15, 0.2) is 6.20 Å². The molecule has 0 saturated carbocycles. The Balaban J connectivity index is 2.36. The third-order valence-corrected chi connectivity index (χ3v) is 2.54. The molecule has 7 heteroatoms.